The third-order valence-electron chi connectivity index (χ3n) is 2.22. The summed E-state index contributed by atoms with van der Waals surface area (Å²) in [5, 5.41) is 3.40. The number of carbonyl (C=O) groups is 1. The van der Waals surface area contributed by atoms with Crippen molar-refractivity contribution >= 4 is 23.3 Å². The molecule has 3 nitrogen and oxygen atoms in total. The molecule has 1 saturated heterocycles. The first-order valence-corrected chi connectivity index (χ1v) is 4.97. The number of para-hydroxylation sites is 1. The first kappa shape index (κ1) is 9.34. The van der Waals surface area contributed by atoms with E-state index in [1.807, 2.05) is 18.2 Å². The Morgan fingerprint density at radius 3 is 2.86 bits per heavy atom. The van der Waals surface area contributed by atoms with Gasteiger partial charge in [-0.2, -0.15) is 0 Å². The average molecular weight is 211 g/mol. The maximum absolute atomic E-state index is 11.5. The molecule has 0 bridgehead atoms. The predicted octanol–water partition coefficient (Wildman–Crippen LogP) is 2.26. The van der Waals surface area contributed by atoms with Gasteiger partial charge in [-0.1, -0.05) is 23.7 Å². The number of urea groups is 1. The molecule has 0 aromatic heterocycles. The van der Waals surface area contributed by atoms with Crippen LogP contribution in [0.2, 0.25) is 5.02 Å². The topological polar surface area (TPSA) is 32.3 Å². The predicted molar refractivity (Wildman–Crippen MR) is 56.8 cm³/mol. The number of rotatable bonds is 1. The van der Waals surface area contributed by atoms with Crippen LogP contribution in [-0.2, 0) is 0 Å². The highest BCUT2D eigenvalue weighted by Crippen LogP contribution is 2.26. The quantitative estimate of drug-likeness (QED) is 0.758. The van der Waals surface area contributed by atoms with Gasteiger partial charge in [-0.25, -0.2) is 4.79 Å². The van der Waals surface area contributed by atoms with Crippen molar-refractivity contribution in [3.63, 3.8) is 0 Å². The highest BCUT2D eigenvalue weighted by Gasteiger charge is 2.20. The minimum absolute atomic E-state index is 0.0654. The van der Waals surface area contributed by atoms with Crippen LogP contribution in [-0.4, -0.2) is 19.1 Å². The monoisotopic (exact) mass is 210 g/mol. The van der Waals surface area contributed by atoms with Crippen LogP contribution in [0.3, 0.4) is 0 Å². The van der Waals surface area contributed by atoms with Crippen molar-refractivity contribution in [2.75, 3.05) is 18.0 Å². The van der Waals surface area contributed by atoms with Gasteiger partial charge >= 0.3 is 6.03 Å². The summed E-state index contributed by atoms with van der Waals surface area (Å²) in [5.74, 6) is 0. The number of carbonyl (C=O) groups excluding carboxylic acids is 1. The molecule has 2 amide bonds. The molecule has 1 fully saturated rings. The molecule has 14 heavy (non-hydrogen) atoms. The van der Waals surface area contributed by atoms with E-state index in [9.17, 15) is 4.79 Å². The van der Waals surface area contributed by atoms with Gasteiger partial charge in [0.15, 0.2) is 0 Å². The summed E-state index contributed by atoms with van der Waals surface area (Å²) in [6.07, 6.45) is 0.955. The van der Waals surface area contributed by atoms with Gasteiger partial charge in [0.05, 0.1) is 10.7 Å². The molecule has 1 aliphatic rings. The van der Waals surface area contributed by atoms with Crippen molar-refractivity contribution in [2.45, 2.75) is 6.42 Å². The summed E-state index contributed by atoms with van der Waals surface area (Å²) < 4.78 is 0. The molecular weight excluding hydrogens is 200 g/mol. The van der Waals surface area contributed by atoms with Gasteiger partial charge in [0.25, 0.3) is 0 Å². The molecule has 0 spiro atoms. The SMILES string of the molecule is O=C1NCCCN1c1ccccc1Cl. The number of halogens is 1. The Kier molecular flexibility index (Phi) is 2.59. The highest BCUT2D eigenvalue weighted by atomic mass is 35.5. The smallest absolute Gasteiger partial charge is 0.321 e. The Balaban J connectivity index is 2.29. The van der Waals surface area contributed by atoms with Gasteiger partial charge in [0, 0.05) is 13.1 Å². The Morgan fingerprint density at radius 2 is 2.14 bits per heavy atom. The summed E-state index contributed by atoms with van der Waals surface area (Å²) in [7, 11) is 0. The van der Waals surface area contributed by atoms with Crippen LogP contribution < -0.4 is 10.2 Å². The molecule has 4 heteroatoms. The van der Waals surface area contributed by atoms with E-state index >= 15 is 0 Å². The summed E-state index contributed by atoms with van der Waals surface area (Å²) in [6.45, 7) is 1.48. The zero-order chi connectivity index (χ0) is 9.97. The highest BCUT2D eigenvalue weighted by molar-refractivity contribution is 6.33. The van der Waals surface area contributed by atoms with Crippen molar-refractivity contribution in [1.82, 2.24) is 5.32 Å². The van der Waals surface area contributed by atoms with Crippen molar-refractivity contribution < 1.29 is 4.79 Å². The summed E-state index contributed by atoms with van der Waals surface area (Å²) >= 11 is 6.00. The lowest BCUT2D eigenvalue weighted by Gasteiger charge is -2.28. The summed E-state index contributed by atoms with van der Waals surface area (Å²) in [6, 6.07) is 7.31. The van der Waals surface area contributed by atoms with Crippen molar-refractivity contribution in [1.29, 1.82) is 0 Å². The molecule has 0 atom stereocenters. The Labute approximate surface area is 87.7 Å². The first-order valence-electron chi connectivity index (χ1n) is 4.59. The third kappa shape index (κ3) is 1.68. The standard InChI is InChI=1S/C10H11ClN2O/c11-8-4-1-2-5-9(8)13-7-3-6-12-10(13)14/h1-2,4-5H,3,6-7H2,(H,12,14). The lowest BCUT2D eigenvalue weighted by Crippen LogP contribution is -2.46. The molecule has 74 valence electrons. The lowest BCUT2D eigenvalue weighted by molar-refractivity contribution is 0.243. The second-order valence-corrected chi connectivity index (χ2v) is 3.60. The zero-order valence-electron chi connectivity index (χ0n) is 7.66. The molecule has 1 aliphatic heterocycles. The number of amides is 2. The van der Waals surface area contributed by atoms with E-state index in [1.165, 1.54) is 0 Å². The van der Waals surface area contributed by atoms with Crippen LogP contribution in [0.5, 0.6) is 0 Å². The van der Waals surface area contributed by atoms with Crippen LogP contribution in [0.1, 0.15) is 6.42 Å². The summed E-state index contributed by atoms with van der Waals surface area (Å²) in [5.41, 5.74) is 0.784. The van der Waals surface area contributed by atoms with Crippen LogP contribution in [0.15, 0.2) is 24.3 Å². The van der Waals surface area contributed by atoms with Gasteiger partial charge < -0.3 is 5.32 Å². The normalized spacial score (nSPS) is 16.6. The molecule has 1 aromatic rings. The molecule has 0 radical (unpaired) electrons. The van der Waals surface area contributed by atoms with E-state index in [0.29, 0.717) is 5.02 Å². The number of hydrogen-bond acceptors (Lipinski definition) is 1. The van der Waals surface area contributed by atoms with Gasteiger partial charge in [-0.15, -0.1) is 0 Å². The van der Waals surface area contributed by atoms with Crippen molar-refractivity contribution in [3.05, 3.63) is 29.3 Å². The molecular formula is C10H11ClN2O. The fraction of sp³-hybridized carbons (Fsp3) is 0.300. The molecule has 2 rings (SSSR count). The molecule has 1 N–H and O–H groups in total. The van der Waals surface area contributed by atoms with Crippen molar-refractivity contribution in [2.24, 2.45) is 0 Å². The number of nitrogens with zero attached hydrogens (tertiary/aromatic N) is 1. The van der Waals surface area contributed by atoms with Gasteiger partial charge in [-0.05, 0) is 18.6 Å². The fourth-order valence-electron chi connectivity index (χ4n) is 1.53. The van der Waals surface area contributed by atoms with E-state index in [4.69, 9.17) is 11.6 Å². The summed E-state index contributed by atoms with van der Waals surface area (Å²) in [4.78, 5) is 13.2. The number of anilines is 1. The molecule has 0 saturated carbocycles. The maximum Gasteiger partial charge on any atom is 0.321 e. The van der Waals surface area contributed by atoms with Crippen LogP contribution >= 0.6 is 11.6 Å². The van der Waals surface area contributed by atoms with E-state index in [2.05, 4.69) is 5.32 Å². The second-order valence-electron chi connectivity index (χ2n) is 3.19. The van der Waals surface area contributed by atoms with Crippen LogP contribution in [0.4, 0.5) is 10.5 Å². The van der Waals surface area contributed by atoms with Crippen LogP contribution in [0.25, 0.3) is 0 Å². The molecule has 0 aliphatic carbocycles. The number of benzene rings is 1. The van der Waals surface area contributed by atoms with E-state index in [1.54, 1.807) is 11.0 Å². The van der Waals surface area contributed by atoms with Crippen molar-refractivity contribution in [3.8, 4) is 0 Å². The van der Waals surface area contributed by atoms with E-state index in [-0.39, 0.29) is 6.03 Å². The zero-order valence-corrected chi connectivity index (χ0v) is 8.42. The molecule has 1 aromatic carbocycles. The second kappa shape index (κ2) is 3.88. The minimum Gasteiger partial charge on any atom is -0.338 e. The van der Waals surface area contributed by atoms with Gasteiger partial charge in [-0.3, -0.25) is 4.90 Å². The fourth-order valence-corrected chi connectivity index (χ4v) is 1.77. The van der Waals surface area contributed by atoms with E-state index < -0.39 is 0 Å². The first-order chi connectivity index (χ1) is 6.79. The van der Waals surface area contributed by atoms with Crippen LogP contribution in [0, 0.1) is 0 Å². The Morgan fingerprint density at radius 1 is 1.36 bits per heavy atom. The number of hydrogen-bond donors (Lipinski definition) is 1. The Bertz CT molecular complexity index is 354. The maximum atomic E-state index is 11.5. The lowest BCUT2D eigenvalue weighted by atomic mass is 10.2. The number of nitrogens with one attached hydrogen (secondary N) is 1. The molecule has 1 heterocycles. The van der Waals surface area contributed by atoms with E-state index in [0.717, 1.165) is 25.2 Å². The Hall–Kier alpha value is -1.22. The van der Waals surface area contributed by atoms with Gasteiger partial charge in [0.2, 0.25) is 0 Å². The average Bonchev–Trinajstić information content (AvgIpc) is 2.20. The minimum atomic E-state index is -0.0654. The third-order valence-corrected chi connectivity index (χ3v) is 2.54. The largest absolute Gasteiger partial charge is 0.338 e. The van der Waals surface area contributed by atoms with Gasteiger partial charge in [0.1, 0.15) is 0 Å². The molecule has 0 unspecified atom stereocenters.